The first kappa shape index (κ1) is 10.7. The Morgan fingerprint density at radius 2 is 2.33 bits per heavy atom. The van der Waals surface area contributed by atoms with Crippen molar-refractivity contribution < 1.29 is 0 Å². The zero-order chi connectivity index (χ0) is 10.7. The van der Waals surface area contributed by atoms with Crippen LogP contribution in [0.1, 0.15) is 38.9 Å². The number of aromatic amines is 1. The van der Waals surface area contributed by atoms with Crippen molar-refractivity contribution in [2.75, 3.05) is 0 Å². The SMILES string of the molecule is CC1CCC(C)C(NCc2ncc[nH]2)C1. The Morgan fingerprint density at radius 1 is 1.47 bits per heavy atom. The highest BCUT2D eigenvalue weighted by Gasteiger charge is 2.24. The molecule has 1 aliphatic carbocycles. The van der Waals surface area contributed by atoms with Crippen LogP contribution in [-0.2, 0) is 6.54 Å². The summed E-state index contributed by atoms with van der Waals surface area (Å²) in [6.07, 6.45) is 7.74. The maximum atomic E-state index is 4.23. The summed E-state index contributed by atoms with van der Waals surface area (Å²) in [4.78, 5) is 7.36. The highest BCUT2D eigenvalue weighted by molar-refractivity contribution is 4.89. The van der Waals surface area contributed by atoms with Crippen molar-refractivity contribution in [3.8, 4) is 0 Å². The van der Waals surface area contributed by atoms with Crippen molar-refractivity contribution in [1.82, 2.24) is 15.3 Å². The highest BCUT2D eigenvalue weighted by atomic mass is 15.0. The number of nitrogens with one attached hydrogen (secondary N) is 2. The first-order valence-electron chi connectivity index (χ1n) is 5.97. The molecular weight excluding hydrogens is 186 g/mol. The Bertz CT molecular complexity index is 281. The van der Waals surface area contributed by atoms with E-state index in [4.69, 9.17) is 0 Å². The second-order valence-electron chi connectivity index (χ2n) is 4.92. The summed E-state index contributed by atoms with van der Waals surface area (Å²) in [6, 6.07) is 0.666. The Kier molecular flexibility index (Phi) is 3.41. The predicted octanol–water partition coefficient (Wildman–Crippen LogP) is 2.32. The fourth-order valence-electron chi connectivity index (χ4n) is 2.44. The molecular formula is C12H21N3. The van der Waals surface area contributed by atoms with E-state index in [0.29, 0.717) is 6.04 Å². The van der Waals surface area contributed by atoms with Crippen LogP contribution in [0.5, 0.6) is 0 Å². The van der Waals surface area contributed by atoms with Gasteiger partial charge in [-0.2, -0.15) is 0 Å². The van der Waals surface area contributed by atoms with Gasteiger partial charge in [0.05, 0.1) is 6.54 Å². The van der Waals surface area contributed by atoms with Gasteiger partial charge in [0.15, 0.2) is 0 Å². The average molecular weight is 207 g/mol. The number of imidazole rings is 1. The minimum atomic E-state index is 0.666. The quantitative estimate of drug-likeness (QED) is 0.798. The molecule has 3 unspecified atom stereocenters. The van der Waals surface area contributed by atoms with Crippen molar-refractivity contribution in [2.24, 2.45) is 11.8 Å². The molecule has 0 spiro atoms. The largest absolute Gasteiger partial charge is 0.348 e. The fourth-order valence-corrected chi connectivity index (χ4v) is 2.44. The van der Waals surface area contributed by atoms with Gasteiger partial charge in [0.1, 0.15) is 5.82 Å². The van der Waals surface area contributed by atoms with Crippen molar-refractivity contribution in [3.63, 3.8) is 0 Å². The van der Waals surface area contributed by atoms with Crippen molar-refractivity contribution in [2.45, 2.75) is 45.7 Å². The van der Waals surface area contributed by atoms with Crippen LogP contribution in [0.3, 0.4) is 0 Å². The third-order valence-corrected chi connectivity index (χ3v) is 3.54. The summed E-state index contributed by atoms with van der Waals surface area (Å²) in [5.74, 6) is 2.71. The lowest BCUT2D eigenvalue weighted by Gasteiger charge is -2.33. The van der Waals surface area contributed by atoms with E-state index < -0.39 is 0 Å². The van der Waals surface area contributed by atoms with Crippen molar-refractivity contribution >= 4 is 0 Å². The van der Waals surface area contributed by atoms with Crippen molar-refractivity contribution in [1.29, 1.82) is 0 Å². The molecule has 3 nitrogen and oxygen atoms in total. The molecule has 0 amide bonds. The van der Waals surface area contributed by atoms with E-state index in [9.17, 15) is 0 Å². The Balaban J connectivity index is 1.82. The van der Waals surface area contributed by atoms with Gasteiger partial charge < -0.3 is 10.3 Å². The van der Waals surface area contributed by atoms with Crippen LogP contribution in [0.25, 0.3) is 0 Å². The molecule has 0 radical (unpaired) electrons. The number of aromatic nitrogens is 2. The Labute approximate surface area is 91.7 Å². The molecule has 3 heteroatoms. The molecule has 1 aromatic heterocycles. The van der Waals surface area contributed by atoms with Crippen LogP contribution in [0.15, 0.2) is 12.4 Å². The van der Waals surface area contributed by atoms with E-state index in [1.54, 1.807) is 0 Å². The van der Waals surface area contributed by atoms with Gasteiger partial charge in [0.25, 0.3) is 0 Å². The molecule has 84 valence electrons. The lowest BCUT2D eigenvalue weighted by molar-refractivity contribution is 0.226. The molecule has 1 aromatic rings. The second-order valence-corrected chi connectivity index (χ2v) is 4.92. The fraction of sp³-hybridized carbons (Fsp3) is 0.750. The summed E-state index contributed by atoms with van der Waals surface area (Å²) < 4.78 is 0. The van der Waals surface area contributed by atoms with Gasteiger partial charge in [0, 0.05) is 18.4 Å². The summed E-state index contributed by atoms with van der Waals surface area (Å²) >= 11 is 0. The monoisotopic (exact) mass is 207 g/mol. The van der Waals surface area contributed by atoms with Crippen LogP contribution in [0, 0.1) is 11.8 Å². The predicted molar refractivity (Wildman–Crippen MR) is 61.4 cm³/mol. The maximum absolute atomic E-state index is 4.23. The van der Waals surface area contributed by atoms with E-state index in [1.807, 2.05) is 12.4 Å². The molecule has 0 aliphatic heterocycles. The van der Waals surface area contributed by atoms with Gasteiger partial charge in [-0.05, 0) is 24.7 Å². The molecule has 2 N–H and O–H groups in total. The third kappa shape index (κ3) is 2.81. The molecule has 1 saturated carbocycles. The van der Waals surface area contributed by atoms with Crippen molar-refractivity contribution in [3.05, 3.63) is 18.2 Å². The first-order chi connectivity index (χ1) is 7.25. The number of H-pyrrole nitrogens is 1. The Hall–Kier alpha value is -0.830. The van der Waals surface area contributed by atoms with E-state index in [2.05, 4.69) is 29.1 Å². The number of hydrogen-bond donors (Lipinski definition) is 2. The van der Waals surface area contributed by atoms with Gasteiger partial charge in [-0.15, -0.1) is 0 Å². The smallest absolute Gasteiger partial charge is 0.120 e. The molecule has 1 aliphatic rings. The van der Waals surface area contributed by atoms with E-state index >= 15 is 0 Å². The third-order valence-electron chi connectivity index (χ3n) is 3.54. The number of hydrogen-bond acceptors (Lipinski definition) is 2. The van der Waals surface area contributed by atoms with Gasteiger partial charge in [-0.25, -0.2) is 4.98 Å². The van der Waals surface area contributed by atoms with Gasteiger partial charge in [-0.1, -0.05) is 20.3 Å². The molecule has 15 heavy (non-hydrogen) atoms. The van der Waals surface area contributed by atoms with E-state index in [1.165, 1.54) is 19.3 Å². The van der Waals surface area contributed by atoms with Gasteiger partial charge in [-0.3, -0.25) is 0 Å². The topological polar surface area (TPSA) is 40.7 Å². The standard InChI is InChI=1S/C12H21N3/c1-9-3-4-10(2)11(7-9)15-8-12-13-5-6-14-12/h5-6,9-11,15H,3-4,7-8H2,1-2H3,(H,13,14). The molecule has 1 heterocycles. The lowest BCUT2D eigenvalue weighted by atomic mass is 9.80. The van der Waals surface area contributed by atoms with Gasteiger partial charge in [0.2, 0.25) is 0 Å². The van der Waals surface area contributed by atoms with Crippen LogP contribution in [-0.4, -0.2) is 16.0 Å². The number of rotatable bonds is 3. The number of nitrogens with zero attached hydrogens (tertiary/aromatic N) is 1. The molecule has 2 rings (SSSR count). The van der Waals surface area contributed by atoms with Crippen LogP contribution in [0.2, 0.25) is 0 Å². The summed E-state index contributed by atoms with van der Waals surface area (Å²) in [7, 11) is 0. The second kappa shape index (κ2) is 4.79. The van der Waals surface area contributed by atoms with E-state index in [-0.39, 0.29) is 0 Å². The first-order valence-corrected chi connectivity index (χ1v) is 5.97. The maximum Gasteiger partial charge on any atom is 0.120 e. The molecule has 0 bridgehead atoms. The molecule has 0 saturated heterocycles. The van der Waals surface area contributed by atoms with Crippen LogP contribution in [0.4, 0.5) is 0 Å². The highest BCUT2D eigenvalue weighted by Crippen LogP contribution is 2.28. The normalized spacial score (nSPS) is 31.7. The minimum Gasteiger partial charge on any atom is -0.348 e. The summed E-state index contributed by atoms with van der Waals surface area (Å²) in [5.41, 5.74) is 0. The average Bonchev–Trinajstić information content (AvgIpc) is 2.72. The van der Waals surface area contributed by atoms with Gasteiger partial charge >= 0.3 is 0 Å². The Morgan fingerprint density at radius 3 is 3.07 bits per heavy atom. The van der Waals surface area contributed by atoms with Crippen LogP contribution >= 0.6 is 0 Å². The zero-order valence-electron chi connectivity index (χ0n) is 9.66. The summed E-state index contributed by atoms with van der Waals surface area (Å²) in [5, 5.41) is 3.61. The zero-order valence-corrected chi connectivity index (χ0v) is 9.66. The van der Waals surface area contributed by atoms with E-state index in [0.717, 1.165) is 24.2 Å². The lowest BCUT2D eigenvalue weighted by Crippen LogP contribution is -2.39. The molecule has 3 atom stereocenters. The summed E-state index contributed by atoms with van der Waals surface area (Å²) in [6.45, 7) is 5.58. The molecule has 1 fully saturated rings. The molecule has 0 aromatic carbocycles. The minimum absolute atomic E-state index is 0.666. The van der Waals surface area contributed by atoms with Crippen LogP contribution < -0.4 is 5.32 Å².